The van der Waals surface area contributed by atoms with Crippen molar-refractivity contribution in [3.63, 3.8) is 0 Å². The lowest BCUT2D eigenvalue weighted by molar-refractivity contribution is 0.0654. The van der Waals surface area contributed by atoms with Gasteiger partial charge in [0.1, 0.15) is 0 Å². The van der Waals surface area contributed by atoms with Crippen LogP contribution in [0.2, 0.25) is 0 Å². The van der Waals surface area contributed by atoms with Gasteiger partial charge in [0.05, 0.1) is 0 Å². The minimum Gasteiger partial charge on any atom is -0.474 e. The molecular formula is C13H13N3O3. The summed E-state index contributed by atoms with van der Waals surface area (Å²) in [6, 6.07) is 0.0699. The van der Waals surface area contributed by atoms with Gasteiger partial charge in [-0.2, -0.15) is 0 Å². The molecule has 6 heteroatoms. The maximum Gasteiger partial charge on any atom is 0.393 e. The van der Waals surface area contributed by atoms with Crippen molar-refractivity contribution in [1.29, 1.82) is 0 Å². The average Bonchev–Trinajstić information content (AvgIpc) is 2.74. The van der Waals surface area contributed by atoms with E-state index in [0.717, 1.165) is 5.70 Å². The van der Waals surface area contributed by atoms with Crippen LogP contribution in [0.5, 0.6) is 0 Å². The van der Waals surface area contributed by atoms with Crippen LogP contribution in [-0.4, -0.2) is 21.3 Å². The standard InChI is InChI=1S/C13H13N3O3/c1-7-9-4-3-8(5-6-13(7,9)2)14-12-16-15-10(19-12)11(17)18/h3-7H,1-2H3,(H,14,16)(H,17,18). The summed E-state index contributed by atoms with van der Waals surface area (Å²) >= 11 is 0. The highest BCUT2D eigenvalue weighted by Gasteiger charge is 2.50. The molecule has 1 fully saturated rings. The Morgan fingerprint density at radius 2 is 2.26 bits per heavy atom. The van der Waals surface area contributed by atoms with Gasteiger partial charge in [0.25, 0.3) is 0 Å². The number of rotatable bonds is 3. The predicted molar refractivity (Wildman–Crippen MR) is 67.5 cm³/mol. The van der Waals surface area contributed by atoms with Crippen LogP contribution in [0.25, 0.3) is 0 Å². The van der Waals surface area contributed by atoms with E-state index in [2.05, 4.69) is 41.5 Å². The second-order valence-electron chi connectivity index (χ2n) is 4.92. The van der Waals surface area contributed by atoms with E-state index in [1.807, 2.05) is 12.2 Å². The molecule has 0 aliphatic heterocycles. The topological polar surface area (TPSA) is 88.2 Å². The molecule has 0 aromatic carbocycles. The van der Waals surface area contributed by atoms with Crippen molar-refractivity contribution in [2.45, 2.75) is 13.8 Å². The highest BCUT2D eigenvalue weighted by Crippen LogP contribution is 2.59. The van der Waals surface area contributed by atoms with Crippen LogP contribution in [0.1, 0.15) is 24.5 Å². The molecule has 2 unspecified atom stereocenters. The van der Waals surface area contributed by atoms with E-state index in [1.165, 1.54) is 5.57 Å². The zero-order chi connectivity index (χ0) is 13.6. The lowest BCUT2D eigenvalue weighted by atomic mass is 10.1. The van der Waals surface area contributed by atoms with Crippen molar-refractivity contribution in [2.75, 3.05) is 5.32 Å². The van der Waals surface area contributed by atoms with E-state index in [9.17, 15) is 4.79 Å². The van der Waals surface area contributed by atoms with Gasteiger partial charge < -0.3 is 14.8 Å². The Morgan fingerprint density at radius 3 is 2.95 bits per heavy atom. The number of aromatic carboxylic acids is 1. The van der Waals surface area contributed by atoms with Crippen LogP contribution in [0.15, 0.2) is 40.0 Å². The van der Waals surface area contributed by atoms with E-state index >= 15 is 0 Å². The van der Waals surface area contributed by atoms with Crippen LogP contribution in [0, 0.1) is 11.3 Å². The molecule has 1 aromatic heterocycles. The number of aromatic nitrogens is 2. The van der Waals surface area contributed by atoms with Crippen LogP contribution in [0.4, 0.5) is 6.01 Å². The first kappa shape index (κ1) is 11.7. The molecule has 3 rings (SSSR count). The molecular weight excluding hydrogens is 246 g/mol. The fourth-order valence-electron chi connectivity index (χ4n) is 2.31. The van der Waals surface area contributed by atoms with Gasteiger partial charge in [0.15, 0.2) is 0 Å². The molecule has 98 valence electrons. The first-order chi connectivity index (χ1) is 9.00. The molecule has 2 aliphatic rings. The molecule has 1 aromatic rings. The number of hydrogen-bond donors (Lipinski definition) is 2. The Bertz CT molecular complexity index is 641. The number of nitrogens with zero attached hydrogens (tertiary/aromatic N) is 2. The molecule has 0 amide bonds. The van der Waals surface area contributed by atoms with Gasteiger partial charge in [0, 0.05) is 11.1 Å². The Morgan fingerprint density at radius 1 is 1.47 bits per heavy atom. The zero-order valence-electron chi connectivity index (χ0n) is 10.5. The summed E-state index contributed by atoms with van der Waals surface area (Å²) in [7, 11) is 0. The molecule has 2 atom stereocenters. The molecule has 2 aliphatic carbocycles. The second-order valence-corrected chi connectivity index (χ2v) is 4.92. The van der Waals surface area contributed by atoms with E-state index in [1.54, 1.807) is 0 Å². The van der Waals surface area contributed by atoms with Gasteiger partial charge in [-0.15, -0.1) is 0 Å². The van der Waals surface area contributed by atoms with Crippen molar-refractivity contribution in [1.82, 2.24) is 10.2 Å². The van der Waals surface area contributed by atoms with Crippen LogP contribution < -0.4 is 5.32 Å². The molecule has 0 bridgehead atoms. The number of carboxylic acid groups (broad SMARTS) is 1. The van der Waals surface area contributed by atoms with E-state index in [4.69, 9.17) is 9.52 Å². The largest absolute Gasteiger partial charge is 0.474 e. The monoisotopic (exact) mass is 259 g/mol. The normalized spacial score (nSPS) is 28.0. The lowest BCUT2D eigenvalue weighted by Crippen LogP contribution is -1.98. The second kappa shape index (κ2) is 3.81. The van der Waals surface area contributed by atoms with Crippen molar-refractivity contribution in [3.05, 3.63) is 41.5 Å². The third-order valence-corrected chi connectivity index (χ3v) is 3.82. The quantitative estimate of drug-likeness (QED) is 0.865. The maximum atomic E-state index is 10.6. The minimum atomic E-state index is -1.24. The van der Waals surface area contributed by atoms with Crippen LogP contribution in [-0.2, 0) is 0 Å². The SMILES string of the molecule is CC1C2=CC=C(Nc3nnc(C(=O)O)o3)C=CC21C. The van der Waals surface area contributed by atoms with Crippen LogP contribution in [0.3, 0.4) is 0 Å². The number of nitrogens with one attached hydrogen (secondary N) is 1. The van der Waals surface area contributed by atoms with Crippen molar-refractivity contribution >= 4 is 12.0 Å². The van der Waals surface area contributed by atoms with Crippen molar-refractivity contribution in [2.24, 2.45) is 11.3 Å². The number of carboxylic acids is 1. The maximum absolute atomic E-state index is 10.6. The zero-order valence-corrected chi connectivity index (χ0v) is 10.5. The molecule has 1 saturated carbocycles. The Kier molecular flexibility index (Phi) is 2.35. The summed E-state index contributed by atoms with van der Waals surface area (Å²) in [6.45, 7) is 4.38. The van der Waals surface area contributed by atoms with Gasteiger partial charge in [-0.1, -0.05) is 41.8 Å². The molecule has 2 N–H and O–H groups in total. The smallest absolute Gasteiger partial charge is 0.393 e. The van der Waals surface area contributed by atoms with Gasteiger partial charge in [-0.05, 0) is 18.1 Å². The summed E-state index contributed by atoms with van der Waals surface area (Å²) < 4.78 is 4.94. The number of carbonyl (C=O) groups is 1. The molecule has 6 nitrogen and oxygen atoms in total. The molecule has 0 spiro atoms. The summed E-state index contributed by atoms with van der Waals surface area (Å²) in [5, 5.41) is 18.6. The summed E-state index contributed by atoms with van der Waals surface area (Å²) in [5.74, 6) is -1.10. The first-order valence-electron chi connectivity index (χ1n) is 5.96. The molecule has 0 saturated heterocycles. The highest BCUT2D eigenvalue weighted by molar-refractivity contribution is 5.82. The predicted octanol–water partition coefficient (Wildman–Crippen LogP) is 2.22. The van der Waals surface area contributed by atoms with Gasteiger partial charge in [-0.25, -0.2) is 4.79 Å². The summed E-state index contributed by atoms with van der Waals surface area (Å²) in [4.78, 5) is 10.6. The Hall–Kier alpha value is -2.37. The van der Waals surface area contributed by atoms with Crippen molar-refractivity contribution in [3.8, 4) is 0 Å². The Labute approximate surface area is 109 Å². The van der Waals surface area contributed by atoms with Gasteiger partial charge >= 0.3 is 17.9 Å². The first-order valence-corrected chi connectivity index (χ1v) is 5.96. The van der Waals surface area contributed by atoms with Crippen molar-refractivity contribution < 1.29 is 14.3 Å². The third kappa shape index (κ3) is 1.85. The molecule has 19 heavy (non-hydrogen) atoms. The van der Waals surface area contributed by atoms with Crippen LogP contribution >= 0.6 is 0 Å². The third-order valence-electron chi connectivity index (χ3n) is 3.82. The Balaban J connectivity index is 1.78. The highest BCUT2D eigenvalue weighted by atomic mass is 16.4. The summed E-state index contributed by atoms with van der Waals surface area (Å²) in [5.41, 5.74) is 2.31. The van der Waals surface area contributed by atoms with Gasteiger partial charge in [-0.3, -0.25) is 0 Å². The molecule has 1 heterocycles. The lowest BCUT2D eigenvalue weighted by Gasteiger charge is -2.02. The van der Waals surface area contributed by atoms with E-state index in [-0.39, 0.29) is 11.4 Å². The average molecular weight is 259 g/mol. The number of allylic oxidation sites excluding steroid dienone is 5. The number of anilines is 1. The van der Waals surface area contributed by atoms with E-state index < -0.39 is 11.9 Å². The fraction of sp³-hybridized carbons (Fsp3) is 0.308. The summed E-state index contributed by atoms with van der Waals surface area (Å²) in [6.07, 6.45) is 8.06. The van der Waals surface area contributed by atoms with Gasteiger partial charge in [0.2, 0.25) is 0 Å². The fourth-order valence-corrected chi connectivity index (χ4v) is 2.31. The number of hydrogen-bond acceptors (Lipinski definition) is 5. The van der Waals surface area contributed by atoms with E-state index in [0.29, 0.717) is 5.92 Å². The minimum absolute atomic E-state index is 0.0699. The molecule has 0 radical (unpaired) electrons. The number of fused-ring (bicyclic) bond motifs is 1.